The number of carbonyl (C=O) groups excluding carboxylic acids is 3. The number of aryl methyl sites for hydroxylation is 2. The van der Waals surface area contributed by atoms with Crippen molar-refractivity contribution < 1.29 is 33.8 Å². The van der Waals surface area contributed by atoms with Crippen LogP contribution in [0.1, 0.15) is 16.7 Å². The Labute approximate surface area is 191 Å². The SMILES string of the molecule is COc1cc(/C=C2\C(=O)NC(=O)N(c3cc(C)cc(C)c3)C2=O)c(Br)cc1OCC(=O)O. The molecule has 9 nitrogen and oxygen atoms in total. The second-order valence-electron chi connectivity index (χ2n) is 7.01. The van der Waals surface area contributed by atoms with Gasteiger partial charge in [0.15, 0.2) is 18.1 Å². The van der Waals surface area contributed by atoms with Gasteiger partial charge < -0.3 is 14.6 Å². The third-order valence-corrected chi connectivity index (χ3v) is 5.19. The predicted octanol–water partition coefficient (Wildman–Crippen LogP) is 3.20. The largest absolute Gasteiger partial charge is 0.493 e. The van der Waals surface area contributed by atoms with Gasteiger partial charge in [-0.3, -0.25) is 14.9 Å². The van der Waals surface area contributed by atoms with Crippen molar-refractivity contribution in [3.05, 3.63) is 57.1 Å². The van der Waals surface area contributed by atoms with E-state index in [1.54, 1.807) is 12.1 Å². The lowest BCUT2D eigenvalue weighted by Gasteiger charge is -2.27. The second kappa shape index (κ2) is 9.23. The summed E-state index contributed by atoms with van der Waals surface area (Å²) in [5.74, 6) is -2.41. The van der Waals surface area contributed by atoms with Crippen molar-refractivity contribution in [2.75, 3.05) is 18.6 Å². The van der Waals surface area contributed by atoms with E-state index in [9.17, 15) is 19.2 Å². The lowest BCUT2D eigenvalue weighted by molar-refractivity contribution is -0.139. The number of imide groups is 2. The number of nitrogens with zero attached hydrogens (tertiary/aromatic N) is 1. The molecule has 10 heteroatoms. The molecule has 1 heterocycles. The van der Waals surface area contributed by atoms with Crippen LogP contribution in [0, 0.1) is 13.8 Å². The number of carboxylic acids is 1. The lowest BCUT2D eigenvalue weighted by atomic mass is 10.0. The summed E-state index contributed by atoms with van der Waals surface area (Å²) in [6, 6.07) is 7.35. The van der Waals surface area contributed by atoms with E-state index in [4.69, 9.17) is 14.6 Å². The van der Waals surface area contributed by atoms with Crippen LogP contribution in [0.15, 0.2) is 40.4 Å². The number of hydrogen-bond donors (Lipinski definition) is 2. The van der Waals surface area contributed by atoms with Gasteiger partial charge in [0.2, 0.25) is 0 Å². The number of amides is 4. The Morgan fingerprint density at radius 1 is 1.09 bits per heavy atom. The van der Waals surface area contributed by atoms with Crippen LogP contribution in [-0.2, 0) is 14.4 Å². The fourth-order valence-corrected chi connectivity index (χ4v) is 3.64. The monoisotopic (exact) mass is 502 g/mol. The van der Waals surface area contributed by atoms with Gasteiger partial charge in [-0.05, 0) is 60.9 Å². The first-order valence-corrected chi connectivity index (χ1v) is 10.1. The van der Waals surface area contributed by atoms with Crippen molar-refractivity contribution in [3.63, 3.8) is 0 Å². The van der Waals surface area contributed by atoms with E-state index in [0.717, 1.165) is 16.0 Å². The van der Waals surface area contributed by atoms with Crippen molar-refractivity contribution in [2.45, 2.75) is 13.8 Å². The maximum atomic E-state index is 13.1. The summed E-state index contributed by atoms with van der Waals surface area (Å²) in [5.41, 5.74) is 2.18. The summed E-state index contributed by atoms with van der Waals surface area (Å²) in [7, 11) is 1.37. The van der Waals surface area contributed by atoms with Crippen molar-refractivity contribution in [2.24, 2.45) is 0 Å². The fraction of sp³-hybridized carbons (Fsp3) is 0.182. The van der Waals surface area contributed by atoms with E-state index < -0.39 is 30.4 Å². The molecular formula is C22H19BrN2O7. The number of halogens is 1. The Morgan fingerprint density at radius 2 is 1.75 bits per heavy atom. The van der Waals surface area contributed by atoms with Gasteiger partial charge in [0.25, 0.3) is 11.8 Å². The number of aliphatic carboxylic acids is 1. The van der Waals surface area contributed by atoms with Crippen LogP contribution in [0.3, 0.4) is 0 Å². The molecule has 1 aliphatic rings. The van der Waals surface area contributed by atoms with Gasteiger partial charge in [-0.1, -0.05) is 22.0 Å². The number of methoxy groups -OCH3 is 1. The summed E-state index contributed by atoms with van der Waals surface area (Å²) >= 11 is 3.32. The van der Waals surface area contributed by atoms with Crippen LogP contribution in [0.2, 0.25) is 0 Å². The van der Waals surface area contributed by atoms with Crippen LogP contribution in [-0.4, -0.2) is 42.6 Å². The fourth-order valence-electron chi connectivity index (χ4n) is 3.20. The molecule has 2 aromatic carbocycles. The van der Waals surface area contributed by atoms with Gasteiger partial charge in [0.1, 0.15) is 5.57 Å². The molecule has 1 aliphatic heterocycles. The number of rotatable bonds is 6. The normalized spacial score (nSPS) is 15.1. The number of nitrogens with one attached hydrogen (secondary N) is 1. The lowest BCUT2D eigenvalue weighted by Crippen LogP contribution is -2.54. The van der Waals surface area contributed by atoms with Gasteiger partial charge in [0.05, 0.1) is 12.8 Å². The zero-order valence-electron chi connectivity index (χ0n) is 17.4. The number of anilines is 1. The van der Waals surface area contributed by atoms with E-state index in [-0.39, 0.29) is 17.1 Å². The minimum Gasteiger partial charge on any atom is -0.493 e. The molecule has 0 atom stereocenters. The van der Waals surface area contributed by atoms with Crippen LogP contribution < -0.4 is 19.7 Å². The minimum atomic E-state index is -1.16. The second-order valence-corrected chi connectivity index (χ2v) is 7.87. The summed E-state index contributed by atoms with van der Waals surface area (Å²) in [6.07, 6.45) is 1.31. The molecule has 32 heavy (non-hydrogen) atoms. The zero-order chi connectivity index (χ0) is 23.6. The Hall–Kier alpha value is -3.66. The molecule has 0 aromatic heterocycles. The Balaban J connectivity index is 2.03. The third-order valence-electron chi connectivity index (χ3n) is 4.50. The van der Waals surface area contributed by atoms with Crippen molar-refractivity contribution in [1.29, 1.82) is 0 Å². The highest BCUT2D eigenvalue weighted by atomic mass is 79.9. The maximum Gasteiger partial charge on any atom is 0.341 e. The first-order valence-electron chi connectivity index (χ1n) is 9.32. The first-order chi connectivity index (χ1) is 15.1. The van der Waals surface area contributed by atoms with Gasteiger partial charge >= 0.3 is 12.0 Å². The molecule has 166 valence electrons. The minimum absolute atomic E-state index is 0.162. The van der Waals surface area contributed by atoms with Crippen LogP contribution in [0.5, 0.6) is 11.5 Å². The molecular weight excluding hydrogens is 484 g/mol. The highest BCUT2D eigenvalue weighted by Gasteiger charge is 2.37. The van der Waals surface area contributed by atoms with Crippen LogP contribution >= 0.6 is 15.9 Å². The highest BCUT2D eigenvalue weighted by molar-refractivity contribution is 9.10. The van der Waals surface area contributed by atoms with Crippen molar-refractivity contribution in [3.8, 4) is 11.5 Å². The van der Waals surface area contributed by atoms with E-state index in [1.807, 2.05) is 19.9 Å². The predicted molar refractivity (Wildman–Crippen MR) is 119 cm³/mol. The van der Waals surface area contributed by atoms with Crippen LogP contribution in [0.25, 0.3) is 6.08 Å². The van der Waals surface area contributed by atoms with Crippen LogP contribution in [0.4, 0.5) is 10.5 Å². The molecule has 0 unspecified atom stereocenters. The number of carbonyl (C=O) groups is 4. The van der Waals surface area contributed by atoms with Gasteiger partial charge in [-0.15, -0.1) is 0 Å². The smallest absolute Gasteiger partial charge is 0.341 e. The highest BCUT2D eigenvalue weighted by Crippen LogP contribution is 2.35. The Kier molecular flexibility index (Phi) is 6.64. The molecule has 1 fully saturated rings. The average molecular weight is 503 g/mol. The third kappa shape index (κ3) is 4.80. The van der Waals surface area contributed by atoms with E-state index >= 15 is 0 Å². The quantitative estimate of drug-likeness (QED) is 0.459. The standard InChI is InChI=1S/C22H19BrN2O7/c1-11-4-12(2)6-14(5-11)25-21(29)15(20(28)24-22(25)30)7-13-8-17(31-3)18(9-16(13)23)32-10-19(26)27/h4-9H,10H2,1-3H3,(H,26,27)(H,24,28,30)/b15-7+. The number of benzene rings is 2. The number of ether oxygens (including phenoxy) is 2. The van der Waals surface area contributed by atoms with Crippen molar-refractivity contribution >= 4 is 51.5 Å². The zero-order valence-corrected chi connectivity index (χ0v) is 19.0. The van der Waals surface area contributed by atoms with E-state index in [2.05, 4.69) is 21.2 Å². The molecule has 0 saturated carbocycles. The summed E-state index contributed by atoms with van der Waals surface area (Å²) < 4.78 is 10.8. The molecule has 1 saturated heterocycles. The summed E-state index contributed by atoms with van der Waals surface area (Å²) in [6.45, 7) is 3.10. The molecule has 0 radical (unpaired) electrons. The van der Waals surface area contributed by atoms with Crippen molar-refractivity contribution in [1.82, 2.24) is 5.32 Å². The number of carboxylic acid groups (broad SMARTS) is 1. The number of urea groups is 1. The van der Waals surface area contributed by atoms with Gasteiger partial charge in [-0.2, -0.15) is 0 Å². The summed E-state index contributed by atoms with van der Waals surface area (Å²) in [4.78, 5) is 49.7. The topological polar surface area (TPSA) is 122 Å². The van der Waals surface area contributed by atoms with Gasteiger partial charge in [-0.25, -0.2) is 14.5 Å². The first kappa shape index (κ1) is 23.0. The number of hydrogen-bond acceptors (Lipinski definition) is 6. The molecule has 0 aliphatic carbocycles. The van der Waals surface area contributed by atoms with E-state index in [1.165, 1.54) is 25.3 Å². The average Bonchev–Trinajstić information content (AvgIpc) is 2.69. The Morgan fingerprint density at radius 3 is 2.34 bits per heavy atom. The molecule has 4 amide bonds. The molecule has 2 aromatic rings. The molecule has 0 bridgehead atoms. The van der Waals surface area contributed by atoms with Gasteiger partial charge in [0, 0.05) is 4.47 Å². The number of barbiturate groups is 1. The van der Waals surface area contributed by atoms with E-state index in [0.29, 0.717) is 15.7 Å². The molecule has 2 N–H and O–H groups in total. The molecule has 3 rings (SSSR count). The Bertz CT molecular complexity index is 1150. The maximum absolute atomic E-state index is 13.1. The summed E-state index contributed by atoms with van der Waals surface area (Å²) in [5, 5.41) is 11.0. The molecule has 0 spiro atoms.